The Morgan fingerprint density at radius 2 is 2.39 bits per heavy atom. The Morgan fingerprint density at radius 3 is 3.17 bits per heavy atom. The topological polar surface area (TPSA) is 43.4 Å². The van der Waals surface area contributed by atoms with E-state index in [1.807, 2.05) is 19.3 Å². The van der Waals surface area contributed by atoms with Crippen molar-refractivity contribution in [2.45, 2.75) is 30.9 Å². The minimum Gasteiger partial charge on any atom is -0.376 e. The van der Waals surface area contributed by atoms with Gasteiger partial charge in [-0.15, -0.1) is 0 Å². The van der Waals surface area contributed by atoms with Gasteiger partial charge in [-0.25, -0.2) is 0 Å². The summed E-state index contributed by atoms with van der Waals surface area (Å²) in [5.41, 5.74) is 2.63. The molecule has 0 spiro atoms. The Kier molecular flexibility index (Phi) is 3.59. The first-order chi connectivity index (χ1) is 8.90. The summed E-state index contributed by atoms with van der Waals surface area (Å²) in [6, 6.07) is 4.50. The molecule has 0 saturated carbocycles. The van der Waals surface area contributed by atoms with E-state index in [0.29, 0.717) is 31.8 Å². The molecule has 18 heavy (non-hydrogen) atoms. The van der Waals surface area contributed by atoms with Gasteiger partial charge in [-0.1, -0.05) is 6.07 Å². The van der Waals surface area contributed by atoms with Crippen molar-refractivity contribution < 1.29 is 9.47 Å². The van der Waals surface area contributed by atoms with Crippen LogP contribution in [0.25, 0.3) is 0 Å². The number of nitrogens with zero attached hydrogens (tertiary/aromatic N) is 1. The number of aromatic nitrogens is 1. The minimum atomic E-state index is 0.140. The number of likely N-dealkylation sites (N-methyl/N-ethyl adjacent to an activating group) is 1. The highest BCUT2D eigenvalue weighted by Gasteiger charge is 2.36. The lowest BCUT2D eigenvalue weighted by Gasteiger charge is -2.33. The monoisotopic (exact) mass is 248 g/mol. The van der Waals surface area contributed by atoms with Crippen molar-refractivity contribution in [3.63, 3.8) is 0 Å². The second-order valence-electron chi connectivity index (χ2n) is 4.99. The van der Waals surface area contributed by atoms with Crippen LogP contribution in [0.1, 0.15) is 23.6 Å². The first kappa shape index (κ1) is 12.1. The number of ether oxygens (including phenoxy) is 2. The molecule has 0 aromatic carbocycles. The van der Waals surface area contributed by atoms with Gasteiger partial charge in [-0.3, -0.25) is 4.98 Å². The van der Waals surface area contributed by atoms with Crippen LogP contribution in [0.3, 0.4) is 0 Å². The molecule has 3 unspecified atom stereocenters. The standard InChI is InChI=1S/C14H20N2O2/c1-15-14(12-9-17-7-8-18-12)11-5-4-10-3-2-6-16-13(10)11/h2-3,6,11-12,14-15H,4-5,7-9H2,1H3. The summed E-state index contributed by atoms with van der Waals surface area (Å²) in [6.45, 7) is 2.10. The first-order valence-corrected chi connectivity index (χ1v) is 6.70. The van der Waals surface area contributed by atoms with Crippen LogP contribution in [0.2, 0.25) is 0 Å². The molecule has 3 atom stereocenters. The quantitative estimate of drug-likeness (QED) is 0.870. The first-order valence-electron chi connectivity index (χ1n) is 6.70. The van der Waals surface area contributed by atoms with Crippen LogP contribution >= 0.6 is 0 Å². The van der Waals surface area contributed by atoms with E-state index in [0.717, 1.165) is 12.8 Å². The third kappa shape index (κ3) is 2.16. The maximum absolute atomic E-state index is 5.84. The number of pyridine rings is 1. The number of aryl methyl sites for hydroxylation is 1. The van der Waals surface area contributed by atoms with Gasteiger partial charge in [-0.05, 0) is 31.5 Å². The molecule has 1 saturated heterocycles. The average molecular weight is 248 g/mol. The van der Waals surface area contributed by atoms with Crippen LogP contribution in [0.5, 0.6) is 0 Å². The molecule has 2 heterocycles. The van der Waals surface area contributed by atoms with Crippen LogP contribution in [0, 0.1) is 0 Å². The molecule has 4 nitrogen and oxygen atoms in total. The maximum atomic E-state index is 5.84. The molecule has 0 bridgehead atoms. The minimum absolute atomic E-state index is 0.140. The number of nitrogens with one attached hydrogen (secondary N) is 1. The van der Waals surface area contributed by atoms with Gasteiger partial charge in [0, 0.05) is 23.9 Å². The van der Waals surface area contributed by atoms with E-state index in [9.17, 15) is 0 Å². The second kappa shape index (κ2) is 5.34. The van der Waals surface area contributed by atoms with Gasteiger partial charge in [-0.2, -0.15) is 0 Å². The zero-order valence-corrected chi connectivity index (χ0v) is 10.8. The molecular formula is C14H20N2O2. The summed E-state index contributed by atoms with van der Waals surface area (Å²) in [4.78, 5) is 4.57. The number of hydrogen-bond acceptors (Lipinski definition) is 4. The van der Waals surface area contributed by atoms with Gasteiger partial charge >= 0.3 is 0 Å². The van der Waals surface area contributed by atoms with E-state index < -0.39 is 0 Å². The van der Waals surface area contributed by atoms with Gasteiger partial charge < -0.3 is 14.8 Å². The van der Waals surface area contributed by atoms with E-state index in [2.05, 4.69) is 16.4 Å². The number of hydrogen-bond donors (Lipinski definition) is 1. The van der Waals surface area contributed by atoms with Crippen LogP contribution in [-0.4, -0.2) is 44.0 Å². The smallest absolute Gasteiger partial charge is 0.0968 e. The highest BCUT2D eigenvalue weighted by atomic mass is 16.6. The Morgan fingerprint density at radius 1 is 1.44 bits per heavy atom. The molecule has 1 N–H and O–H groups in total. The summed E-state index contributed by atoms with van der Waals surface area (Å²) in [5, 5.41) is 3.41. The molecule has 2 aliphatic rings. The van der Waals surface area contributed by atoms with Crippen molar-refractivity contribution in [1.29, 1.82) is 0 Å². The second-order valence-corrected chi connectivity index (χ2v) is 4.99. The predicted molar refractivity (Wildman–Crippen MR) is 68.7 cm³/mol. The number of rotatable bonds is 3. The van der Waals surface area contributed by atoms with E-state index >= 15 is 0 Å². The fourth-order valence-electron chi connectivity index (χ4n) is 3.15. The molecule has 3 rings (SSSR count). The summed E-state index contributed by atoms with van der Waals surface area (Å²) < 4.78 is 11.4. The summed E-state index contributed by atoms with van der Waals surface area (Å²) in [7, 11) is 2.00. The van der Waals surface area contributed by atoms with E-state index in [4.69, 9.17) is 9.47 Å². The third-order valence-electron chi connectivity index (χ3n) is 4.01. The predicted octanol–water partition coefficient (Wildman–Crippen LogP) is 1.11. The largest absolute Gasteiger partial charge is 0.376 e. The van der Waals surface area contributed by atoms with Crippen molar-refractivity contribution in [2.24, 2.45) is 0 Å². The Bertz CT molecular complexity index is 405. The van der Waals surface area contributed by atoms with Crippen molar-refractivity contribution >= 4 is 0 Å². The summed E-state index contributed by atoms with van der Waals surface area (Å²) in [5.74, 6) is 0.442. The highest BCUT2D eigenvalue weighted by Crippen LogP contribution is 2.35. The molecule has 4 heteroatoms. The fourth-order valence-corrected chi connectivity index (χ4v) is 3.15. The van der Waals surface area contributed by atoms with E-state index in [-0.39, 0.29) is 6.10 Å². The van der Waals surface area contributed by atoms with Gasteiger partial charge in [0.05, 0.1) is 25.9 Å². The normalized spacial score (nSPS) is 28.9. The lowest BCUT2D eigenvalue weighted by molar-refractivity contribution is -0.104. The third-order valence-corrected chi connectivity index (χ3v) is 4.01. The molecular weight excluding hydrogens is 228 g/mol. The van der Waals surface area contributed by atoms with Crippen LogP contribution in [0.4, 0.5) is 0 Å². The van der Waals surface area contributed by atoms with Gasteiger partial charge in [0.15, 0.2) is 0 Å². The van der Waals surface area contributed by atoms with Crippen molar-refractivity contribution in [3.05, 3.63) is 29.6 Å². The molecule has 0 radical (unpaired) electrons. The fraction of sp³-hybridized carbons (Fsp3) is 0.643. The van der Waals surface area contributed by atoms with Gasteiger partial charge in [0.2, 0.25) is 0 Å². The zero-order chi connectivity index (χ0) is 12.4. The SMILES string of the molecule is CNC(C1COCCO1)C1CCc2cccnc21. The molecule has 1 fully saturated rings. The Hall–Kier alpha value is -0.970. The lowest BCUT2D eigenvalue weighted by Crippen LogP contribution is -2.48. The number of fused-ring (bicyclic) bond motifs is 1. The lowest BCUT2D eigenvalue weighted by atomic mass is 9.92. The van der Waals surface area contributed by atoms with Crippen LogP contribution in [0.15, 0.2) is 18.3 Å². The average Bonchev–Trinajstić information content (AvgIpc) is 2.85. The van der Waals surface area contributed by atoms with Gasteiger partial charge in [0.25, 0.3) is 0 Å². The van der Waals surface area contributed by atoms with Crippen molar-refractivity contribution in [1.82, 2.24) is 10.3 Å². The zero-order valence-electron chi connectivity index (χ0n) is 10.8. The Labute approximate surface area is 108 Å². The molecule has 1 aliphatic heterocycles. The van der Waals surface area contributed by atoms with E-state index in [1.165, 1.54) is 11.3 Å². The molecule has 1 aromatic rings. The molecule has 98 valence electrons. The molecule has 0 amide bonds. The molecule has 1 aromatic heterocycles. The summed E-state index contributed by atoms with van der Waals surface area (Å²) in [6.07, 6.45) is 4.31. The van der Waals surface area contributed by atoms with Crippen molar-refractivity contribution in [2.75, 3.05) is 26.9 Å². The molecule has 1 aliphatic carbocycles. The van der Waals surface area contributed by atoms with Gasteiger partial charge in [0.1, 0.15) is 0 Å². The highest BCUT2D eigenvalue weighted by molar-refractivity contribution is 5.30. The van der Waals surface area contributed by atoms with Crippen molar-refractivity contribution in [3.8, 4) is 0 Å². The maximum Gasteiger partial charge on any atom is 0.0968 e. The van der Waals surface area contributed by atoms with E-state index in [1.54, 1.807) is 0 Å². The van der Waals surface area contributed by atoms with Crippen LogP contribution < -0.4 is 5.32 Å². The Balaban J connectivity index is 1.80. The van der Waals surface area contributed by atoms with Crippen LogP contribution in [-0.2, 0) is 15.9 Å². The summed E-state index contributed by atoms with van der Waals surface area (Å²) >= 11 is 0.